The van der Waals surface area contributed by atoms with Crippen LogP contribution in [0.25, 0.3) is 10.9 Å². The number of H-pyrrole nitrogens is 1. The highest BCUT2D eigenvalue weighted by Gasteiger charge is 2.70. The number of imide groups is 1. The third-order valence-electron chi connectivity index (χ3n) is 8.29. The topological polar surface area (TPSA) is 104 Å². The molecular weight excluding hydrogens is 463 g/mol. The molecule has 9 heteroatoms. The van der Waals surface area contributed by atoms with Crippen LogP contribution in [0.5, 0.6) is 0 Å². The Balaban J connectivity index is 1.33. The SMILES string of the molecule is O=C1[C@H]2[C@H](Cc3c[nH]c4ccccc34)N[C@@]3(C(=O)Nc4ccc(F)cc43)[C@H]2C(=O)N1C[C@H]1CCCO1. The average molecular weight is 489 g/mol. The first-order valence-corrected chi connectivity index (χ1v) is 12.4. The number of hydrogen-bond acceptors (Lipinski definition) is 5. The number of hydrogen-bond donors (Lipinski definition) is 3. The third kappa shape index (κ3) is 2.90. The Kier molecular flexibility index (Phi) is 4.65. The molecule has 3 amide bonds. The first-order valence-electron chi connectivity index (χ1n) is 12.4. The summed E-state index contributed by atoms with van der Waals surface area (Å²) in [6.07, 6.45) is 3.80. The van der Waals surface area contributed by atoms with E-state index < -0.39 is 41.0 Å². The normalized spacial score (nSPS) is 31.0. The van der Waals surface area contributed by atoms with E-state index in [1.807, 2.05) is 30.5 Å². The van der Waals surface area contributed by atoms with Crippen LogP contribution in [0.2, 0.25) is 0 Å². The van der Waals surface area contributed by atoms with Gasteiger partial charge in [-0.1, -0.05) is 18.2 Å². The number of aromatic nitrogens is 1. The maximum absolute atomic E-state index is 14.4. The van der Waals surface area contributed by atoms with Crippen LogP contribution < -0.4 is 10.6 Å². The Morgan fingerprint density at radius 3 is 2.81 bits per heavy atom. The molecule has 3 N–H and O–H groups in total. The molecule has 5 heterocycles. The van der Waals surface area contributed by atoms with Crippen LogP contribution in [0.3, 0.4) is 0 Å². The van der Waals surface area contributed by atoms with E-state index >= 15 is 0 Å². The van der Waals surface area contributed by atoms with Gasteiger partial charge in [0.2, 0.25) is 17.7 Å². The van der Waals surface area contributed by atoms with Gasteiger partial charge < -0.3 is 15.0 Å². The smallest absolute Gasteiger partial charge is 0.250 e. The minimum absolute atomic E-state index is 0.179. The third-order valence-corrected chi connectivity index (χ3v) is 8.29. The van der Waals surface area contributed by atoms with Crippen molar-refractivity contribution in [1.82, 2.24) is 15.2 Å². The molecule has 3 fully saturated rings. The van der Waals surface area contributed by atoms with Gasteiger partial charge in [0.25, 0.3) is 0 Å². The van der Waals surface area contributed by atoms with Gasteiger partial charge in [-0.2, -0.15) is 0 Å². The first-order chi connectivity index (χ1) is 17.5. The fourth-order valence-electron chi connectivity index (χ4n) is 6.72. The minimum Gasteiger partial charge on any atom is -0.376 e. The van der Waals surface area contributed by atoms with Crippen molar-refractivity contribution in [3.8, 4) is 0 Å². The van der Waals surface area contributed by atoms with Gasteiger partial charge in [-0.05, 0) is 49.1 Å². The van der Waals surface area contributed by atoms with Gasteiger partial charge in [0.05, 0.1) is 24.5 Å². The number of nitrogens with one attached hydrogen (secondary N) is 3. The summed E-state index contributed by atoms with van der Waals surface area (Å²) < 4.78 is 20.1. The standard InChI is InChI=1S/C27H25FN4O4/c28-15-7-8-20-18(11-15)27(26(35)30-20)23-22(24(33)32(25(23)34)13-16-4-3-9-36-16)21(31-27)10-14-12-29-19-6-2-1-5-17(14)19/h1-2,5-8,11-12,16,21-23,29,31H,3-4,9-10,13H2,(H,30,35)/t16-,21+,22+,23-,27-/m1/s1. The van der Waals surface area contributed by atoms with Gasteiger partial charge in [0.1, 0.15) is 11.4 Å². The lowest BCUT2D eigenvalue weighted by molar-refractivity contribution is -0.144. The minimum atomic E-state index is -1.52. The number of rotatable bonds is 4. The predicted molar refractivity (Wildman–Crippen MR) is 128 cm³/mol. The molecule has 184 valence electrons. The van der Waals surface area contributed by atoms with E-state index in [0.29, 0.717) is 24.3 Å². The molecule has 36 heavy (non-hydrogen) atoms. The van der Waals surface area contributed by atoms with E-state index in [0.717, 1.165) is 29.3 Å². The number of likely N-dealkylation sites (tertiary alicyclic amines) is 1. The largest absolute Gasteiger partial charge is 0.376 e. The number of carbonyl (C=O) groups excluding carboxylic acids is 3. The van der Waals surface area contributed by atoms with Crippen molar-refractivity contribution in [3.63, 3.8) is 0 Å². The van der Waals surface area contributed by atoms with Crippen LogP contribution in [-0.2, 0) is 31.1 Å². The second-order valence-electron chi connectivity index (χ2n) is 10.2. The Bertz CT molecular complexity index is 1430. The molecule has 4 aliphatic rings. The van der Waals surface area contributed by atoms with Crippen molar-refractivity contribution in [2.24, 2.45) is 11.8 Å². The summed E-state index contributed by atoms with van der Waals surface area (Å²) >= 11 is 0. The second kappa shape index (κ2) is 7.72. The van der Waals surface area contributed by atoms with E-state index in [1.165, 1.54) is 23.1 Å². The molecular formula is C27H25FN4O4. The molecule has 0 unspecified atom stereocenters. The Morgan fingerprint density at radius 1 is 1.11 bits per heavy atom. The number of carbonyl (C=O) groups is 3. The molecule has 3 saturated heterocycles. The van der Waals surface area contributed by atoms with Gasteiger partial charge in [-0.3, -0.25) is 24.6 Å². The molecule has 3 aromatic rings. The quantitative estimate of drug-likeness (QED) is 0.490. The molecule has 0 aliphatic carbocycles. The maximum atomic E-state index is 14.4. The first kappa shape index (κ1) is 21.7. The van der Waals surface area contributed by atoms with Gasteiger partial charge in [-0.15, -0.1) is 0 Å². The van der Waals surface area contributed by atoms with Crippen molar-refractivity contribution in [3.05, 3.63) is 65.6 Å². The number of ether oxygens (including phenoxy) is 1. The molecule has 0 saturated carbocycles. The molecule has 1 aromatic heterocycles. The Morgan fingerprint density at radius 2 is 1.97 bits per heavy atom. The molecule has 1 spiro atoms. The highest BCUT2D eigenvalue weighted by Crippen LogP contribution is 2.53. The number of anilines is 1. The summed E-state index contributed by atoms with van der Waals surface area (Å²) in [5.41, 5.74) is 1.27. The van der Waals surface area contributed by atoms with Gasteiger partial charge >= 0.3 is 0 Å². The van der Waals surface area contributed by atoms with Gasteiger partial charge in [0, 0.05) is 41.0 Å². The van der Waals surface area contributed by atoms with Gasteiger partial charge in [0.15, 0.2) is 0 Å². The molecule has 2 aromatic carbocycles. The van der Waals surface area contributed by atoms with Crippen LogP contribution in [0.1, 0.15) is 24.0 Å². The Hall–Kier alpha value is -3.56. The van der Waals surface area contributed by atoms with Gasteiger partial charge in [-0.25, -0.2) is 4.39 Å². The van der Waals surface area contributed by atoms with Crippen LogP contribution in [0, 0.1) is 17.7 Å². The monoisotopic (exact) mass is 488 g/mol. The van der Waals surface area contributed by atoms with Crippen LogP contribution >= 0.6 is 0 Å². The number of halogens is 1. The highest BCUT2D eigenvalue weighted by atomic mass is 19.1. The molecule has 8 nitrogen and oxygen atoms in total. The fraction of sp³-hybridized carbons (Fsp3) is 0.370. The molecule has 0 radical (unpaired) electrons. The zero-order valence-electron chi connectivity index (χ0n) is 19.4. The predicted octanol–water partition coefficient (Wildman–Crippen LogP) is 2.45. The van der Waals surface area contributed by atoms with E-state index in [-0.39, 0.29) is 18.6 Å². The number of para-hydroxylation sites is 1. The number of aromatic amines is 1. The van der Waals surface area contributed by atoms with Crippen molar-refractivity contribution in [2.45, 2.75) is 36.9 Å². The van der Waals surface area contributed by atoms with Crippen LogP contribution in [0.15, 0.2) is 48.7 Å². The van der Waals surface area contributed by atoms with E-state index in [2.05, 4.69) is 15.6 Å². The van der Waals surface area contributed by atoms with Crippen molar-refractivity contribution in [2.75, 3.05) is 18.5 Å². The lowest BCUT2D eigenvalue weighted by Crippen LogP contribution is -2.54. The summed E-state index contributed by atoms with van der Waals surface area (Å²) in [5.74, 6) is -3.36. The number of nitrogens with zero attached hydrogens (tertiary/aromatic N) is 1. The maximum Gasteiger partial charge on any atom is 0.250 e. The highest BCUT2D eigenvalue weighted by molar-refractivity contribution is 6.15. The number of amides is 3. The van der Waals surface area contributed by atoms with Crippen molar-refractivity contribution >= 4 is 34.3 Å². The molecule has 7 rings (SSSR count). The lowest BCUT2D eigenvalue weighted by Gasteiger charge is -2.30. The lowest BCUT2D eigenvalue weighted by atomic mass is 9.76. The average Bonchev–Trinajstić information content (AvgIpc) is 3.67. The fourth-order valence-corrected chi connectivity index (χ4v) is 6.72. The summed E-state index contributed by atoms with van der Waals surface area (Å²) in [4.78, 5) is 45.8. The Labute approximate surface area is 206 Å². The van der Waals surface area contributed by atoms with E-state index in [4.69, 9.17) is 4.74 Å². The molecule has 4 aliphatic heterocycles. The van der Waals surface area contributed by atoms with Crippen LogP contribution in [0.4, 0.5) is 10.1 Å². The summed E-state index contributed by atoms with van der Waals surface area (Å²) in [7, 11) is 0. The van der Waals surface area contributed by atoms with E-state index in [9.17, 15) is 18.8 Å². The van der Waals surface area contributed by atoms with Crippen molar-refractivity contribution < 1.29 is 23.5 Å². The van der Waals surface area contributed by atoms with E-state index in [1.54, 1.807) is 0 Å². The number of fused-ring (bicyclic) bond motifs is 5. The summed E-state index contributed by atoms with van der Waals surface area (Å²) in [6.45, 7) is 0.787. The van der Waals surface area contributed by atoms with Crippen molar-refractivity contribution in [1.29, 1.82) is 0 Å². The zero-order chi connectivity index (χ0) is 24.6. The summed E-state index contributed by atoms with van der Waals surface area (Å²) in [5, 5.41) is 7.23. The van der Waals surface area contributed by atoms with Crippen LogP contribution in [-0.4, -0.2) is 52.9 Å². The molecule has 5 atom stereocenters. The second-order valence-corrected chi connectivity index (χ2v) is 10.2. The number of benzene rings is 2. The molecule has 0 bridgehead atoms. The summed E-state index contributed by atoms with van der Waals surface area (Å²) in [6, 6.07) is 11.4. The zero-order valence-corrected chi connectivity index (χ0v) is 19.4.